The van der Waals surface area contributed by atoms with Gasteiger partial charge in [-0.2, -0.15) is 4.72 Å². The Balaban J connectivity index is 2.88. The number of rotatable bonds is 6. The number of aliphatic hydroxyl groups is 1. The lowest BCUT2D eigenvalue weighted by molar-refractivity contribution is -0.139. The first kappa shape index (κ1) is 14.4. The summed E-state index contributed by atoms with van der Waals surface area (Å²) in [4.78, 5) is 10.7. The summed E-state index contributed by atoms with van der Waals surface area (Å²) in [5.74, 6) is -1.34. The smallest absolute Gasteiger partial charge is 0.321 e. The van der Waals surface area contributed by atoms with Crippen molar-refractivity contribution in [1.29, 1.82) is 0 Å². The third-order valence-electron chi connectivity index (χ3n) is 1.83. The Morgan fingerprint density at radius 1 is 1.53 bits per heavy atom. The summed E-state index contributed by atoms with van der Waals surface area (Å²) >= 11 is 6.42. The molecule has 17 heavy (non-hydrogen) atoms. The zero-order valence-corrected chi connectivity index (χ0v) is 10.8. The lowest BCUT2D eigenvalue weighted by Gasteiger charge is -2.12. The number of hydrogen-bond donors (Lipinski definition) is 3. The Labute approximate surface area is 107 Å². The fourth-order valence-corrected chi connectivity index (χ4v) is 3.77. The van der Waals surface area contributed by atoms with Crippen molar-refractivity contribution in [3.8, 4) is 0 Å². The largest absolute Gasteiger partial charge is 0.480 e. The van der Waals surface area contributed by atoms with Gasteiger partial charge >= 0.3 is 5.97 Å². The Morgan fingerprint density at radius 3 is 2.59 bits per heavy atom. The number of hydrogen-bond acceptors (Lipinski definition) is 5. The Hall–Kier alpha value is -0.670. The van der Waals surface area contributed by atoms with Crippen LogP contribution in [0.4, 0.5) is 0 Å². The summed E-state index contributed by atoms with van der Waals surface area (Å²) in [5.41, 5.74) is 0. The molecular formula is C8H10ClNO5S2. The van der Waals surface area contributed by atoms with Gasteiger partial charge in [-0.05, 0) is 18.6 Å². The summed E-state index contributed by atoms with van der Waals surface area (Å²) in [6.45, 7) is -0.426. The normalized spacial score (nSPS) is 13.5. The molecule has 96 valence electrons. The monoisotopic (exact) mass is 299 g/mol. The molecule has 0 unspecified atom stereocenters. The van der Waals surface area contributed by atoms with Crippen LogP contribution in [0.1, 0.15) is 6.42 Å². The van der Waals surface area contributed by atoms with Gasteiger partial charge in [0, 0.05) is 6.61 Å². The average molecular weight is 300 g/mol. The van der Waals surface area contributed by atoms with E-state index in [0.29, 0.717) is 4.34 Å². The second-order valence-electron chi connectivity index (χ2n) is 3.08. The molecule has 1 aromatic heterocycles. The van der Waals surface area contributed by atoms with E-state index in [0.717, 1.165) is 11.3 Å². The van der Waals surface area contributed by atoms with Crippen LogP contribution in [-0.2, 0) is 14.8 Å². The van der Waals surface area contributed by atoms with Gasteiger partial charge in [0.05, 0.1) is 4.34 Å². The fraction of sp³-hybridized carbons (Fsp3) is 0.375. The maximum atomic E-state index is 11.7. The van der Waals surface area contributed by atoms with Crippen molar-refractivity contribution >= 4 is 38.9 Å². The fourth-order valence-electron chi connectivity index (χ4n) is 1.05. The van der Waals surface area contributed by atoms with Crippen LogP contribution >= 0.6 is 22.9 Å². The molecule has 0 radical (unpaired) electrons. The third-order valence-corrected chi connectivity index (χ3v) is 5.02. The van der Waals surface area contributed by atoms with Gasteiger partial charge in [0.1, 0.15) is 10.3 Å². The van der Waals surface area contributed by atoms with Crippen LogP contribution in [0.25, 0.3) is 0 Å². The molecule has 0 fully saturated rings. The standard InChI is InChI=1S/C8H10ClNO5S2/c9-6-1-2-7(16-6)17(14,15)10-5(3-4-11)8(12)13/h1-2,5,10-11H,3-4H2,(H,12,13)/t5-/m0/s1. The molecule has 9 heteroatoms. The second kappa shape index (κ2) is 5.78. The summed E-state index contributed by atoms with van der Waals surface area (Å²) in [6.07, 6.45) is -0.201. The molecule has 0 aromatic carbocycles. The number of sulfonamides is 1. The van der Waals surface area contributed by atoms with Crippen molar-refractivity contribution < 1.29 is 23.4 Å². The van der Waals surface area contributed by atoms with Crippen LogP contribution in [0.5, 0.6) is 0 Å². The zero-order valence-electron chi connectivity index (χ0n) is 8.46. The van der Waals surface area contributed by atoms with Crippen molar-refractivity contribution in [3.05, 3.63) is 16.5 Å². The molecule has 0 aliphatic carbocycles. The maximum Gasteiger partial charge on any atom is 0.321 e. The van der Waals surface area contributed by atoms with E-state index in [2.05, 4.69) is 0 Å². The van der Waals surface area contributed by atoms with Gasteiger partial charge in [-0.3, -0.25) is 4.79 Å². The van der Waals surface area contributed by atoms with Crippen molar-refractivity contribution in [1.82, 2.24) is 4.72 Å². The number of nitrogens with one attached hydrogen (secondary N) is 1. The lowest BCUT2D eigenvalue weighted by Crippen LogP contribution is -2.41. The molecule has 0 aliphatic rings. The number of halogens is 1. The summed E-state index contributed by atoms with van der Waals surface area (Å²) in [5, 5.41) is 17.4. The van der Waals surface area contributed by atoms with Gasteiger partial charge in [0.25, 0.3) is 10.0 Å². The van der Waals surface area contributed by atoms with Gasteiger partial charge in [-0.1, -0.05) is 11.6 Å². The van der Waals surface area contributed by atoms with E-state index >= 15 is 0 Å². The molecule has 0 aliphatic heterocycles. The van der Waals surface area contributed by atoms with Crippen LogP contribution in [0.2, 0.25) is 4.34 Å². The zero-order chi connectivity index (χ0) is 13.1. The Bertz CT molecular complexity index is 498. The highest BCUT2D eigenvalue weighted by atomic mass is 35.5. The highest BCUT2D eigenvalue weighted by Gasteiger charge is 2.25. The van der Waals surface area contributed by atoms with Crippen molar-refractivity contribution in [2.75, 3.05) is 6.61 Å². The van der Waals surface area contributed by atoms with Crippen LogP contribution in [-0.4, -0.2) is 37.2 Å². The highest BCUT2D eigenvalue weighted by molar-refractivity contribution is 7.91. The molecule has 1 atom stereocenters. The number of carbonyl (C=O) groups is 1. The first-order valence-corrected chi connectivity index (χ1v) is 7.16. The van der Waals surface area contributed by atoms with E-state index in [9.17, 15) is 13.2 Å². The molecule has 1 heterocycles. The molecule has 0 bridgehead atoms. The number of aliphatic carboxylic acids is 1. The highest BCUT2D eigenvalue weighted by Crippen LogP contribution is 2.25. The number of carboxylic acid groups (broad SMARTS) is 1. The first-order valence-electron chi connectivity index (χ1n) is 4.48. The maximum absolute atomic E-state index is 11.7. The predicted octanol–water partition coefficient (Wildman–Crippen LogP) is 0.515. The molecule has 0 saturated carbocycles. The molecule has 1 rings (SSSR count). The quantitative estimate of drug-likeness (QED) is 0.710. The molecular weight excluding hydrogens is 290 g/mol. The van der Waals surface area contributed by atoms with Crippen LogP contribution in [0.3, 0.4) is 0 Å². The molecule has 3 N–H and O–H groups in total. The van der Waals surface area contributed by atoms with E-state index in [1.165, 1.54) is 12.1 Å². The summed E-state index contributed by atoms with van der Waals surface area (Å²) < 4.78 is 25.7. The minimum Gasteiger partial charge on any atom is -0.480 e. The van der Waals surface area contributed by atoms with E-state index in [4.69, 9.17) is 21.8 Å². The average Bonchev–Trinajstić information content (AvgIpc) is 2.64. The summed E-state index contributed by atoms with van der Waals surface area (Å²) in [6, 6.07) is 1.33. The molecule has 0 saturated heterocycles. The summed E-state index contributed by atoms with van der Waals surface area (Å²) in [7, 11) is -3.91. The van der Waals surface area contributed by atoms with Crippen molar-refractivity contribution in [2.24, 2.45) is 0 Å². The lowest BCUT2D eigenvalue weighted by atomic mass is 10.2. The molecule has 0 spiro atoms. The van der Waals surface area contributed by atoms with E-state index < -0.39 is 28.6 Å². The predicted molar refractivity (Wildman–Crippen MR) is 62.8 cm³/mol. The van der Waals surface area contributed by atoms with Crippen molar-refractivity contribution in [2.45, 2.75) is 16.7 Å². The van der Waals surface area contributed by atoms with Gasteiger partial charge in [-0.15, -0.1) is 11.3 Å². The molecule has 6 nitrogen and oxygen atoms in total. The van der Waals surface area contributed by atoms with Crippen molar-refractivity contribution in [3.63, 3.8) is 0 Å². The third kappa shape index (κ3) is 3.93. The van der Waals surface area contributed by atoms with Gasteiger partial charge in [0.2, 0.25) is 0 Å². The minimum absolute atomic E-state index is 0.0633. The molecule has 1 aromatic rings. The number of thiophene rings is 1. The first-order chi connectivity index (χ1) is 7.86. The van der Waals surface area contributed by atoms with E-state index in [1.54, 1.807) is 0 Å². The SMILES string of the molecule is O=C(O)[C@H](CCO)NS(=O)(=O)c1ccc(Cl)s1. The number of aliphatic hydroxyl groups excluding tert-OH is 1. The minimum atomic E-state index is -3.91. The van der Waals surface area contributed by atoms with E-state index in [-0.39, 0.29) is 10.6 Å². The van der Waals surface area contributed by atoms with Gasteiger partial charge in [0.15, 0.2) is 0 Å². The Morgan fingerprint density at radius 2 is 2.18 bits per heavy atom. The second-order valence-corrected chi connectivity index (χ2v) is 6.74. The number of carboxylic acids is 1. The molecule has 0 amide bonds. The van der Waals surface area contributed by atoms with E-state index in [1.807, 2.05) is 4.72 Å². The van der Waals surface area contributed by atoms with Crippen LogP contribution in [0.15, 0.2) is 16.3 Å². The van der Waals surface area contributed by atoms with Gasteiger partial charge < -0.3 is 10.2 Å². The van der Waals surface area contributed by atoms with Crippen LogP contribution in [0, 0.1) is 0 Å². The van der Waals surface area contributed by atoms with Crippen LogP contribution < -0.4 is 4.72 Å². The van der Waals surface area contributed by atoms with Gasteiger partial charge in [-0.25, -0.2) is 8.42 Å². The topological polar surface area (TPSA) is 104 Å². The Kier molecular flexibility index (Phi) is 4.90.